The third-order valence-corrected chi connectivity index (χ3v) is 3.07. The molecule has 0 nitrogen and oxygen atoms in total. The summed E-state index contributed by atoms with van der Waals surface area (Å²) in [4.78, 5) is 0. The number of benzene rings is 1. The Labute approximate surface area is 82.9 Å². The first-order valence-corrected chi connectivity index (χ1v) is 5.14. The fraction of sp³-hybridized carbons (Fsp3) is 0.500. The molecule has 0 amide bonds. The second-order valence-electron chi connectivity index (χ2n) is 4.10. The molecule has 0 aliphatic heterocycles. The largest absolute Gasteiger partial charge is 0.207 e. The van der Waals surface area contributed by atoms with E-state index in [-0.39, 0.29) is 17.6 Å². The van der Waals surface area contributed by atoms with Gasteiger partial charge in [-0.3, -0.25) is 0 Å². The molecule has 1 aromatic carbocycles. The standard InChI is InChI=1S/C12H14F2/c1-8-6-12(14)10(7-11(8)13)9-4-2-3-5-9/h6-7,9H,2-5H2,1H3. The highest BCUT2D eigenvalue weighted by molar-refractivity contribution is 5.28. The van der Waals surface area contributed by atoms with Crippen molar-refractivity contribution in [3.05, 3.63) is 34.9 Å². The first-order chi connectivity index (χ1) is 6.68. The van der Waals surface area contributed by atoms with E-state index in [1.807, 2.05) is 0 Å². The maximum Gasteiger partial charge on any atom is 0.127 e. The Balaban J connectivity index is 2.37. The summed E-state index contributed by atoms with van der Waals surface area (Å²) in [6, 6.07) is 2.68. The summed E-state index contributed by atoms with van der Waals surface area (Å²) in [5.41, 5.74) is 0.967. The first-order valence-electron chi connectivity index (χ1n) is 5.14. The Morgan fingerprint density at radius 3 is 2.36 bits per heavy atom. The van der Waals surface area contributed by atoms with Crippen LogP contribution in [0.5, 0.6) is 0 Å². The molecule has 1 aliphatic carbocycles. The van der Waals surface area contributed by atoms with Gasteiger partial charge in [0.2, 0.25) is 0 Å². The van der Waals surface area contributed by atoms with Gasteiger partial charge in [-0.1, -0.05) is 12.8 Å². The second-order valence-corrected chi connectivity index (χ2v) is 4.10. The van der Waals surface area contributed by atoms with Crippen LogP contribution in [0.3, 0.4) is 0 Å². The summed E-state index contributed by atoms with van der Waals surface area (Å²) in [6.45, 7) is 1.59. The average Bonchev–Trinajstić information content (AvgIpc) is 2.64. The number of halogens is 2. The van der Waals surface area contributed by atoms with E-state index in [2.05, 4.69) is 0 Å². The summed E-state index contributed by atoms with van der Waals surface area (Å²) in [5, 5.41) is 0. The van der Waals surface area contributed by atoms with Gasteiger partial charge in [-0.25, -0.2) is 8.78 Å². The SMILES string of the molecule is Cc1cc(F)c(C2CCCC2)cc1F. The molecule has 0 radical (unpaired) electrons. The van der Waals surface area contributed by atoms with Crippen LogP contribution in [0, 0.1) is 18.6 Å². The van der Waals surface area contributed by atoms with Crippen molar-refractivity contribution in [3.8, 4) is 0 Å². The summed E-state index contributed by atoms with van der Waals surface area (Å²) in [7, 11) is 0. The van der Waals surface area contributed by atoms with Gasteiger partial charge >= 0.3 is 0 Å². The van der Waals surface area contributed by atoms with Crippen molar-refractivity contribution in [1.82, 2.24) is 0 Å². The van der Waals surface area contributed by atoms with Gasteiger partial charge in [0.25, 0.3) is 0 Å². The second kappa shape index (κ2) is 3.68. The van der Waals surface area contributed by atoms with E-state index >= 15 is 0 Å². The predicted molar refractivity (Wildman–Crippen MR) is 52.3 cm³/mol. The van der Waals surface area contributed by atoms with Crippen molar-refractivity contribution in [2.45, 2.75) is 38.5 Å². The molecule has 1 aromatic rings. The van der Waals surface area contributed by atoms with Crippen LogP contribution in [-0.2, 0) is 0 Å². The summed E-state index contributed by atoms with van der Waals surface area (Å²) in [5.74, 6) is -0.283. The Kier molecular flexibility index (Phi) is 2.53. The van der Waals surface area contributed by atoms with Crippen LogP contribution in [0.4, 0.5) is 8.78 Å². The van der Waals surface area contributed by atoms with E-state index in [9.17, 15) is 8.78 Å². The van der Waals surface area contributed by atoms with E-state index in [4.69, 9.17) is 0 Å². The molecule has 2 heteroatoms. The molecule has 0 saturated heterocycles. The molecule has 0 N–H and O–H groups in total. The normalized spacial score (nSPS) is 17.6. The van der Waals surface area contributed by atoms with Gasteiger partial charge in [-0.15, -0.1) is 0 Å². The van der Waals surface area contributed by atoms with Crippen LogP contribution in [0.2, 0.25) is 0 Å². The highest BCUT2D eigenvalue weighted by atomic mass is 19.1. The highest BCUT2D eigenvalue weighted by Gasteiger charge is 2.21. The van der Waals surface area contributed by atoms with Crippen LogP contribution in [0.1, 0.15) is 42.7 Å². The lowest BCUT2D eigenvalue weighted by Crippen LogP contribution is -1.99. The van der Waals surface area contributed by atoms with Crippen LogP contribution in [0.25, 0.3) is 0 Å². The van der Waals surface area contributed by atoms with Crippen molar-refractivity contribution in [2.24, 2.45) is 0 Å². The minimum Gasteiger partial charge on any atom is -0.207 e. The number of rotatable bonds is 1. The molecular formula is C12H14F2. The van der Waals surface area contributed by atoms with Crippen LogP contribution in [0.15, 0.2) is 12.1 Å². The molecule has 2 rings (SSSR count). The first kappa shape index (κ1) is 9.63. The molecule has 1 aliphatic rings. The molecular weight excluding hydrogens is 182 g/mol. The van der Waals surface area contributed by atoms with E-state index in [1.54, 1.807) is 6.92 Å². The van der Waals surface area contributed by atoms with Crippen molar-refractivity contribution in [3.63, 3.8) is 0 Å². The molecule has 0 heterocycles. The predicted octanol–water partition coefficient (Wildman–Crippen LogP) is 3.93. The lowest BCUT2D eigenvalue weighted by Gasteiger charge is -2.11. The Morgan fingerprint density at radius 2 is 1.71 bits per heavy atom. The van der Waals surface area contributed by atoms with Crippen LogP contribution < -0.4 is 0 Å². The van der Waals surface area contributed by atoms with Crippen molar-refractivity contribution >= 4 is 0 Å². The van der Waals surface area contributed by atoms with Gasteiger partial charge in [-0.2, -0.15) is 0 Å². The zero-order valence-electron chi connectivity index (χ0n) is 8.32. The molecule has 76 valence electrons. The van der Waals surface area contributed by atoms with Gasteiger partial charge in [-0.05, 0) is 48.9 Å². The van der Waals surface area contributed by atoms with Gasteiger partial charge in [0, 0.05) is 0 Å². The third kappa shape index (κ3) is 1.66. The summed E-state index contributed by atoms with van der Waals surface area (Å²) >= 11 is 0. The van der Waals surface area contributed by atoms with Crippen molar-refractivity contribution in [2.75, 3.05) is 0 Å². The maximum atomic E-state index is 13.5. The van der Waals surface area contributed by atoms with Crippen molar-refractivity contribution in [1.29, 1.82) is 0 Å². The monoisotopic (exact) mass is 196 g/mol. The van der Waals surface area contributed by atoms with Gasteiger partial charge in [0.05, 0.1) is 0 Å². The summed E-state index contributed by atoms with van der Waals surface area (Å²) < 4.78 is 26.8. The number of hydrogen-bond donors (Lipinski definition) is 0. The minimum atomic E-state index is -0.284. The molecule has 14 heavy (non-hydrogen) atoms. The molecule has 0 atom stereocenters. The number of aryl methyl sites for hydroxylation is 1. The van der Waals surface area contributed by atoms with E-state index < -0.39 is 0 Å². The Bertz CT molecular complexity index is 338. The van der Waals surface area contributed by atoms with Gasteiger partial charge in [0.15, 0.2) is 0 Å². The average molecular weight is 196 g/mol. The van der Waals surface area contributed by atoms with Crippen LogP contribution >= 0.6 is 0 Å². The topological polar surface area (TPSA) is 0 Å². The minimum absolute atomic E-state index is 0.240. The molecule has 1 saturated carbocycles. The van der Waals surface area contributed by atoms with E-state index in [0.29, 0.717) is 11.1 Å². The molecule has 0 bridgehead atoms. The number of hydrogen-bond acceptors (Lipinski definition) is 0. The van der Waals surface area contributed by atoms with E-state index in [0.717, 1.165) is 25.7 Å². The van der Waals surface area contributed by atoms with Crippen LogP contribution in [-0.4, -0.2) is 0 Å². The molecule has 1 fully saturated rings. The smallest absolute Gasteiger partial charge is 0.127 e. The zero-order valence-corrected chi connectivity index (χ0v) is 8.32. The maximum absolute atomic E-state index is 13.5. The molecule has 0 aromatic heterocycles. The Morgan fingerprint density at radius 1 is 1.07 bits per heavy atom. The third-order valence-electron chi connectivity index (χ3n) is 3.07. The fourth-order valence-corrected chi connectivity index (χ4v) is 2.21. The highest BCUT2D eigenvalue weighted by Crippen LogP contribution is 2.35. The van der Waals surface area contributed by atoms with Gasteiger partial charge in [0.1, 0.15) is 11.6 Å². The van der Waals surface area contributed by atoms with E-state index in [1.165, 1.54) is 12.1 Å². The summed E-state index contributed by atoms with van der Waals surface area (Å²) in [6.07, 6.45) is 4.28. The quantitative estimate of drug-likeness (QED) is 0.638. The lowest BCUT2D eigenvalue weighted by molar-refractivity contribution is 0.556. The molecule has 0 unspecified atom stereocenters. The zero-order chi connectivity index (χ0) is 10.1. The fourth-order valence-electron chi connectivity index (χ4n) is 2.21. The van der Waals surface area contributed by atoms with Gasteiger partial charge < -0.3 is 0 Å². The lowest BCUT2D eigenvalue weighted by atomic mass is 9.96. The molecule has 0 spiro atoms. The Hall–Kier alpha value is -0.920. The van der Waals surface area contributed by atoms with Crippen molar-refractivity contribution < 1.29 is 8.78 Å².